The maximum atomic E-state index is 5.58. The lowest BCUT2D eigenvalue weighted by molar-refractivity contribution is 0.440. The van der Waals surface area contributed by atoms with E-state index in [0.29, 0.717) is 0 Å². The zero-order valence-electron chi connectivity index (χ0n) is 8.96. The van der Waals surface area contributed by atoms with Gasteiger partial charge in [0.05, 0.1) is 13.1 Å². The minimum absolute atomic E-state index is 0.744. The first kappa shape index (κ1) is 11.8. The van der Waals surface area contributed by atoms with Gasteiger partial charge in [0.2, 0.25) is 0 Å². The Balaban J connectivity index is 2.28. The number of hydrogen-bond acceptors (Lipinski definition) is 3. The fourth-order valence-corrected chi connectivity index (χ4v) is 1.21. The normalized spacial score (nSPS) is 10.1. The summed E-state index contributed by atoms with van der Waals surface area (Å²) in [4.78, 5) is 0. The van der Waals surface area contributed by atoms with Crippen molar-refractivity contribution >= 4 is 0 Å². The first-order valence-electron chi connectivity index (χ1n) is 5.07. The molecule has 0 radical (unpaired) electrons. The second-order valence-electron chi connectivity index (χ2n) is 3.21. The summed E-state index contributed by atoms with van der Waals surface area (Å²) in [5, 5.41) is 6.37. The van der Waals surface area contributed by atoms with Crippen LogP contribution in [0.3, 0.4) is 0 Å². The summed E-state index contributed by atoms with van der Waals surface area (Å²) in [6, 6.07) is 3.97. The van der Waals surface area contributed by atoms with E-state index in [-0.39, 0.29) is 0 Å². The van der Waals surface area contributed by atoms with Crippen LogP contribution in [0, 0.1) is 0 Å². The van der Waals surface area contributed by atoms with Gasteiger partial charge in [0.15, 0.2) is 0 Å². The summed E-state index contributed by atoms with van der Waals surface area (Å²) in [6.07, 6.45) is 3.66. The first-order chi connectivity index (χ1) is 7.36. The van der Waals surface area contributed by atoms with Crippen molar-refractivity contribution in [1.82, 2.24) is 10.6 Å². The zero-order chi connectivity index (χ0) is 10.9. The zero-order valence-corrected chi connectivity index (χ0v) is 8.96. The van der Waals surface area contributed by atoms with E-state index in [1.54, 1.807) is 0 Å². The van der Waals surface area contributed by atoms with Gasteiger partial charge < -0.3 is 15.1 Å². The Kier molecular flexibility index (Phi) is 5.51. The monoisotopic (exact) mass is 206 g/mol. The molecule has 0 aliphatic rings. The molecule has 1 aromatic rings. The summed E-state index contributed by atoms with van der Waals surface area (Å²) < 4.78 is 5.58. The fourth-order valence-electron chi connectivity index (χ4n) is 1.21. The maximum absolute atomic E-state index is 5.58. The molecule has 1 aromatic heterocycles. The highest BCUT2D eigenvalue weighted by Gasteiger charge is 2.00. The first-order valence-corrected chi connectivity index (χ1v) is 5.07. The lowest BCUT2D eigenvalue weighted by Crippen LogP contribution is -2.12. The third-order valence-corrected chi connectivity index (χ3v) is 1.89. The van der Waals surface area contributed by atoms with Crippen LogP contribution in [0.5, 0.6) is 0 Å². The average molecular weight is 206 g/mol. The molecule has 0 aliphatic carbocycles. The second-order valence-corrected chi connectivity index (χ2v) is 3.21. The lowest BCUT2D eigenvalue weighted by Gasteiger charge is -1.99. The van der Waals surface area contributed by atoms with Crippen molar-refractivity contribution in [3.8, 4) is 0 Å². The van der Waals surface area contributed by atoms with Crippen molar-refractivity contribution in [1.29, 1.82) is 0 Å². The molecule has 15 heavy (non-hydrogen) atoms. The minimum atomic E-state index is 0.744. The van der Waals surface area contributed by atoms with Crippen LogP contribution in [0.2, 0.25) is 0 Å². The van der Waals surface area contributed by atoms with Crippen molar-refractivity contribution in [3.63, 3.8) is 0 Å². The summed E-state index contributed by atoms with van der Waals surface area (Å²) >= 11 is 0. The highest BCUT2D eigenvalue weighted by molar-refractivity contribution is 5.07. The smallest absolute Gasteiger partial charge is 0.118 e. The molecule has 1 rings (SSSR count). The molecule has 2 N–H and O–H groups in total. The van der Waals surface area contributed by atoms with E-state index >= 15 is 0 Å². The van der Waals surface area contributed by atoms with E-state index < -0.39 is 0 Å². The van der Waals surface area contributed by atoms with Gasteiger partial charge in [0, 0.05) is 13.1 Å². The molecule has 0 fully saturated rings. The highest BCUT2D eigenvalue weighted by Crippen LogP contribution is 2.06. The van der Waals surface area contributed by atoms with Gasteiger partial charge in [-0.2, -0.15) is 0 Å². The van der Waals surface area contributed by atoms with E-state index in [4.69, 9.17) is 4.42 Å². The molecule has 0 aromatic carbocycles. The van der Waals surface area contributed by atoms with Gasteiger partial charge in [-0.05, 0) is 12.1 Å². The van der Waals surface area contributed by atoms with E-state index in [0.717, 1.165) is 37.7 Å². The van der Waals surface area contributed by atoms with Crippen LogP contribution >= 0.6 is 0 Å². The Morgan fingerprint density at radius 3 is 1.87 bits per heavy atom. The molecule has 0 bridgehead atoms. The molecule has 1 heterocycles. The van der Waals surface area contributed by atoms with Crippen LogP contribution in [0.1, 0.15) is 11.5 Å². The molecule has 3 nitrogen and oxygen atoms in total. The van der Waals surface area contributed by atoms with Crippen LogP contribution in [-0.4, -0.2) is 13.1 Å². The average Bonchev–Trinajstić information content (AvgIpc) is 2.67. The van der Waals surface area contributed by atoms with Gasteiger partial charge >= 0.3 is 0 Å². The molecule has 0 spiro atoms. The van der Waals surface area contributed by atoms with Crippen LogP contribution in [0.4, 0.5) is 0 Å². The van der Waals surface area contributed by atoms with Crippen molar-refractivity contribution in [2.75, 3.05) is 13.1 Å². The minimum Gasteiger partial charge on any atom is -0.463 e. The number of nitrogens with one attached hydrogen (secondary N) is 2. The SMILES string of the molecule is C=CCNCc1ccc(CNCC=C)o1. The van der Waals surface area contributed by atoms with Crippen LogP contribution in [-0.2, 0) is 13.1 Å². The Morgan fingerprint density at radius 1 is 1.00 bits per heavy atom. The third kappa shape index (κ3) is 4.63. The van der Waals surface area contributed by atoms with Gasteiger partial charge in [-0.1, -0.05) is 12.2 Å². The van der Waals surface area contributed by atoms with Gasteiger partial charge in [-0.25, -0.2) is 0 Å². The molecule has 0 atom stereocenters. The Bertz CT molecular complexity index is 276. The molecular weight excluding hydrogens is 188 g/mol. The molecule has 0 saturated carbocycles. The second kappa shape index (κ2) is 7.04. The lowest BCUT2D eigenvalue weighted by atomic mass is 10.4. The standard InChI is InChI=1S/C12H18N2O/c1-3-7-13-9-11-5-6-12(15-11)10-14-8-4-2/h3-6,13-14H,1-2,7-10H2. The maximum Gasteiger partial charge on any atom is 0.118 e. The van der Waals surface area contributed by atoms with Crippen molar-refractivity contribution in [3.05, 3.63) is 49.0 Å². The predicted molar refractivity (Wildman–Crippen MR) is 62.5 cm³/mol. The van der Waals surface area contributed by atoms with Crippen molar-refractivity contribution < 1.29 is 4.42 Å². The molecule has 0 unspecified atom stereocenters. The number of hydrogen-bond donors (Lipinski definition) is 2. The van der Waals surface area contributed by atoms with E-state index in [1.165, 1.54) is 0 Å². The Labute approximate surface area is 90.9 Å². The van der Waals surface area contributed by atoms with Gasteiger partial charge in [-0.3, -0.25) is 0 Å². The van der Waals surface area contributed by atoms with E-state index in [9.17, 15) is 0 Å². The Hall–Kier alpha value is -1.32. The quantitative estimate of drug-likeness (QED) is 0.503. The van der Waals surface area contributed by atoms with Crippen LogP contribution < -0.4 is 10.6 Å². The van der Waals surface area contributed by atoms with E-state index in [2.05, 4.69) is 23.8 Å². The fraction of sp³-hybridized carbons (Fsp3) is 0.333. The van der Waals surface area contributed by atoms with Gasteiger partial charge in [0.1, 0.15) is 11.5 Å². The number of furan rings is 1. The van der Waals surface area contributed by atoms with Crippen LogP contribution in [0.15, 0.2) is 41.9 Å². The molecule has 0 saturated heterocycles. The summed E-state index contributed by atoms with van der Waals surface area (Å²) in [6.45, 7) is 10.3. The predicted octanol–water partition coefficient (Wildman–Crippen LogP) is 1.83. The molecule has 82 valence electrons. The third-order valence-electron chi connectivity index (χ3n) is 1.89. The summed E-state index contributed by atoms with van der Waals surface area (Å²) in [7, 11) is 0. The topological polar surface area (TPSA) is 37.2 Å². The summed E-state index contributed by atoms with van der Waals surface area (Å²) in [5.41, 5.74) is 0. The molecule has 0 amide bonds. The molecule has 0 aliphatic heterocycles. The molecule has 3 heteroatoms. The van der Waals surface area contributed by atoms with Crippen molar-refractivity contribution in [2.45, 2.75) is 13.1 Å². The largest absolute Gasteiger partial charge is 0.463 e. The number of rotatable bonds is 8. The highest BCUT2D eigenvalue weighted by atomic mass is 16.3. The summed E-state index contributed by atoms with van der Waals surface area (Å²) in [5.74, 6) is 1.90. The van der Waals surface area contributed by atoms with Crippen LogP contribution in [0.25, 0.3) is 0 Å². The van der Waals surface area contributed by atoms with Crippen molar-refractivity contribution in [2.24, 2.45) is 0 Å². The molecular formula is C12H18N2O. The van der Waals surface area contributed by atoms with Gasteiger partial charge in [0.25, 0.3) is 0 Å². The Morgan fingerprint density at radius 2 is 1.47 bits per heavy atom. The van der Waals surface area contributed by atoms with Gasteiger partial charge in [-0.15, -0.1) is 13.2 Å². The van der Waals surface area contributed by atoms with E-state index in [1.807, 2.05) is 24.3 Å².